The number of amides is 2. The second-order valence-corrected chi connectivity index (χ2v) is 7.21. The number of hydrogen-bond acceptors (Lipinski definition) is 3. The van der Waals surface area contributed by atoms with Gasteiger partial charge in [0, 0.05) is 18.0 Å². The van der Waals surface area contributed by atoms with Gasteiger partial charge in [-0.2, -0.15) is 0 Å². The molecule has 1 aliphatic heterocycles. The lowest BCUT2D eigenvalue weighted by molar-refractivity contribution is -0.118. The zero-order valence-electron chi connectivity index (χ0n) is 15.6. The van der Waals surface area contributed by atoms with E-state index in [0.29, 0.717) is 12.1 Å². The molecule has 144 valence electrons. The van der Waals surface area contributed by atoms with Gasteiger partial charge in [-0.05, 0) is 37.5 Å². The highest BCUT2D eigenvalue weighted by Gasteiger charge is 2.30. The molecule has 7 nitrogen and oxygen atoms in total. The molecular formula is C21H22N4O3. The maximum Gasteiger partial charge on any atom is 0.412 e. The fraction of sp³-hybridized carbons (Fsp3) is 0.286. The third kappa shape index (κ3) is 3.09. The monoisotopic (exact) mass is 378 g/mol. The number of fused-ring (bicyclic) bond motifs is 3. The molecule has 2 amide bonds. The van der Waals surface area contributed by atoms with E-state index in [1.807, 2.05) is 54.0 Å². The Morgan fingerprint density at radius 1 is 1.21 bits per heavy atom. The number of aromatic nitrogens is 2. The van der Waals surface area contributed by atoms with Crippen molar-refractivity contribution in [3.05, 3.63) is 59.4 Å². The predicted octanol–water partition coefficient (Wildman–Crippen LogP) is 2.93. The minimum atomic E-state index is -0.964. The van der Waals surface area contributed by atoms with Crippen LogP contribution in [-0.4, -0.2) is 32.7 Å². The Kier molecular flexibility index (Phi) is 4.50. The van der Waals surface area contributed by atoms with Crippen LogP contribution >= 0.6 is 0 Å². The number of nitrogens with zero attached hydrogens (tertiary/aromatic N) is 3. The first-order valence-corrected chi connectivity index (χ1v) is 9.31. The second-order valence-electron chi connectivity index (χ2n) is 7.21. The van der Waals surface area contributed by atoms with Gasteiger partial charge in [-0.3, -0.25) is 9.69 Å². The minimum absolute atomic E-state index is 0.0382. The number of nitrogens with two attached hydrogens (primary N) is 1. The van der Waals surface area contributed by atoms with E-state index >= 15 is 0 Å². The summed E-state index contributed by atoms with van der Waals surface area (Å²) < 4.78 is 1.84. The van der Waals surface area contributed by atoms with E-state index in [2.05, 4.69) is 0 Å². The number of benzene rings is 2. The molecule has 4 rings (SSSR count). The van der Waals surface area contributed by atoms with Crippen LogP contribution in [0, 0.1) is 0 Å². The van der Waals surface area contributed by atoms with Gasteiger partial charge in [0.25, 0.3) is 0 Å². The van der Waals surface area contributed by atoms with Gasteiger partial charge >= 0.3 is 6.09 Å². The minimum Gasteiger partial charge on any atom is -0.465 e. The Labute approximate surface area is 162 Å². The Morgan fingerprint density at radius 3 is 2.64 bits per heavy atom. The Morgan fingerprint density at radius 2 is 1.96 bits per heavy atom. The third-order valence-corrected chi connectivity index (χ3v) is 5.32. The second kappa shape index (κ2) is 6.99. The van der Waals surface area contributed by atoms with Gasteiger partial charge in [-0.15, -0.1) is 0 Å². The van der Waals surface area contributed by atoms with E-state index in [4.69, 9.17) is 10.7 Å². The summed E-state index contributed by atoms with van der Waals surface area (Å²) in [7, 11) is 0. The summed E-state index contributed by atoms with van der Waals surface area (Å²) in [5.74, 6) is 0.306. The van der Waals surface area contributed by atoms with Crippen LogP contribution in [0.1, 0.15) is 30.3 Å². The number of imidazole rings is 1. The van der Waals surface area contributed by atoms with Crippen molar-refractivity contribution in [1.29, 1.82) is 0 Å². The summed E-state index contributed by atoms with van der Waals surface area (Å²) in [6.45, 7) is 1.95. The average Bonchev–Trinajstić information content (AvgIpc) is 2.98. The summed E-state index contributed by atoms with van der Waals surface area (Å²) in [6.07, 6.45) is 1.08. The maximum absolute atomic E-state index is 11.8. The number of carbonyl (C=O) groups excluding carboxylic acids is 1. The summed E-state index contributed by atoms with van der Waals surface area (Å²) in [6, 6.07) is 13.5. The Balaban J connectivity index is 1.88. The van der Waals surface area contributed by atoms with Crippen LogP contribution in [0.25, 0.3) is 11.0 Å². The fourth-order valence-corrected chi connectivity index (χ4v) is 4.01. The van der Waals surface area contributed by atoms with E-state index in [1.54, 1.807) is 0 Å². The fourth-order valence-electron chi connectivity index (χ4n) is 4.01. The SMILES string of the molecule is CC1CCc2c(ccc3c2nc(Cc2ccccc2)n3CC(N)=O)N1C(=O)O. The maximum atomic E-state index is 11.8. The number of primary amides is 1. The van der Waals surface area contributed by atoms with Gasteiger partial charge in [0.15, 0.2) is 0 Å². The lowest BCUT2D eigenvalue weighted by Crippen LogP contribution is -2.41. The summed E-state index contributed by atoms with van der Waals surface area (Å²) in [5, 5.41) is 9.64. The average molecular weight is 378 g/mol. The lowest BCUT2D eigenvalue weighted by Gasteiger charge is -2.33. The molecule has 7 heteroatoms. The quantitative estimate of drug-likeness (QED) is 0.729. The van der Waals surface area contributed by atoms with Gasteiger partial charge in [0.2, 0.25) is 5.91 Å². The molecule has 1 aliphatic rings. The third-order valence-electron chi connectivity index (χ3n) is 5.32. The van der Waals surface area contributed by atoms with Crippen LogP contribution in [-0.2, 0) is 24.2 Å². The van der Waals surface area contributed by atoms with Crippen molar-refractivity contribution in [2.45, 2.75) is 38.8 Å². The molecule has 1 unspecified atom stereocenters. The molecule has 28 heavy (non-hydrogen) atoms. The van der Waals surface area contributed by atoms with Gasteiger partial charge in [0.05, 0.1) is 16.7 Å². The molecule has 3 aromatic rings. The van der Waals surface area contributed by atoms with Crippen LogP contribution in [0.3, 0.4) is 0 Å². The summed E-state index contributed by atoms with van der Waals surface area (Å²) >= 11 is 0. The Bertz CT molecular complexity index is 1060. The largest absolute Gasteiger partial charge is 0.465 e. The molecule has 0 bridgehead atoms. The number of anilines is 1. The molecule has 0 fully saturated rings. The van der Waals surface area contributed by atoms with Crippen LogP contribution < -0.4 is 10.6 Å². The van der Waals surface area contributed by atoms with E-state index in [0.717, 1.165) is 40.8 Å². The smallest absolute Gasteiger partial charge is 0.412 e. The first-order valence-electron chi connectivity index (χ1n) is 9.31. The molecule has 1 atom stereocenters. The molecular weight excluding hydrogens is 356 g/mol. The van der Waals surface area contributed by atoms with E-state index in [-0.39, 0.29) is 12.6 Å². The van der Waals surface area contributed by atoms with Crippen molar-refractivity contribution in [2.24, 2.45) is 5.73 Å². The Hall–Kier alpha value is -3.35. The number of rotatable bonds is 4. The van der Waals surface area contributed by atoms with Crippen LogP contribution in [0.15, 0.2) is 42.5 Å². The predicted molar refractivity (Wildman–Crippen MR) is 106 cm³/mol. The molecule has 0 aliphatic carbocycles. The molecule has 3 N–H and O–H groups in total. The zero-order valence-corrected chi connectivity index (χ0v) is 15.6. The zero-order chi connectivity index (χ0) is 19.8. The van der Waals surface area contributed by atoms with Crippen molar-refractivity contribution < 1.29 is 14.7 Å². The highest BCUT2D eigenvalue weighted by Crippen LogP contribution is 2.36. The molecule has 1 aromatic heterocycles. The van der Waals surface area contributed by atoms with E-state index < -0.39 is 12.0 Å². The topological polar surface area (TPSA) is 101 Å². The van der Waals surface area contributed by atoms with Crippen molar-refractivity contribution in [3.63, 3.8) is 0 Å². The van der Waals surface area contributed by atoms with Gasteiger partial charge in [-0.25, -0.2) is 9.78 Å². The number of carbonyl (C=O) groups is 2. The number of carboxylic acid groups (broad SMARTS) is 1. The summed E-state index contributed by atoms with van der Waals surface area (Å²) in [4.78, 5) is 29.7. The van der Waals surface area contributed by atoms with Gasteiger partial charge in [0.1, 0.15) is 12.4 Å². The number of aryl methyl sites for hydroxylation is 1. The molecule has 2 aromatic carbocycles. The molecule has 0 radical (unpaired) electrons. The van der Waals surface area contributed by atoms with Crippen LogP contribution in [0.5, 0.6) is 0 Å². The lowest BCUT2D eigenvalue weighted by atomic mass is 9.96. The molecule has 0 saturated heterocycles. The van der Waals surface area contributed by atoms with Crippen molar-refractivity contribution in [1.82, 2.24) is 9.55 Å². The molecule has 0 spiro atoms. The molecule has 2 heterocycles. The normalized spacial score (nSPS) is 16.2. The standard InChI is InChI=1S/C21H22N4O3/c1-13-7-8-15-16(25(13)21(27)28)9-10-17-20(15)23-19(24(17)12-18(22)26)11-14-5-3-2-4-6-14/h2-6,9-10,13H,7-8,11-12H2,1H3,(H2,22,26)(H,27,28). The highest BCUT2D eigenvalue weighted by molar-refractivity contribution is 5.95. The van der Waals surface area contributed by atoms with Crippen LogP contribution in [0.4, 0.5) is 10.5 Å². The van der Waals surface area contributed by atoms with Gasteiger partial charge < -0.3 is 15.4 Å². The van der Waals surface area contributed by atoms with Crippen molar-refractivity contribution in [3.8, 4) is 0 Å². The van der Waals surface area contributed by atoms with E-state index in [1.165, 1.54) is 4.90 Å². The van der Waals surface area contributed by atoms with Crippen molar-refractivity contribution >= 4 is 28.7 Å². The highest BCUT2D eigenvalue weighted by atomic mass is 16.4. The van der Waals surface area contributed by atoms with Crippen LogP contribution in [0.2, 0.25) is 0 Å². The van der Waals surface area contributed by atoms with E-state index in [9.17, 15) is 14.7 Å². The molecule has 0 saturated carbocycles. The van der Waals surface area contributed by atoms with Gasteiger partial charge in [-0.1, -0.05) is 30.3 Å². The summed E-state index contributed by atoms with van der Waals surface area (Å²) in [5.41, 5.74) is 9.71. The first kappa shape index (κ1) is 18.0. The first-order chi connectivity index (χ1) is 13.5. The number of hydrogen-bond donors (Lipinski definition) is 2. The van der Waals surface area contributed by atoms with Crippen molar-refractivity contribution in [2.75, 3.05) is 4.90 Å².